The van der Waals surface area contributed by atoms with Gasteiger partial charge in [0, 0.05) is 6.42 Å². The summed E-state index contributed by atoms with van der Waals surface area (Å²) in [5.41, 5.74) is 1.21. The molecule has 2 aromatic carbocycles. The van der Waals surface area contributed by atoms with Crippen molar-refractivity contribution < 1.29 is 23.5 Å². The van der Waals surface area contributed by atoms with Crippen LogP contribution in [0.5, 0.6) is 5.75 Å². The summed E-state index contributed by atoms with van der Waals surface area (Å²) < 4.78 is 22.9. The maximum atomic E-state index is 12.9. The molecule has 0 aliphatic carbocycles. The average Bonchev–Trinajstić information content (AvgIpc) is 2.61. The van der Waals surface area contributed by atoms with Crippen LogP contribution in [0.3, 0.4) is 0 Å². The van der Waals surface area contributed by atoms with E-state index in [1.165, 1.54) is 12.1 Å². The molecule has 0 saturated heterocycles. The number of amides is 1. The molecule has 0 unspecified atom stereocenters. The molecule has 2 aromatic rings. The maximum absolute atomic E-state index is 12.9. The third kappa shape index (κ3) is 6.08. The molecule has 0 spiro atoms. The quantitative estimate of drug-likeness (QED) is 0.761. The van der Waals surface area contributed by atoms with Crippen LogP contribution in [0.2, 0.25) is 5.02 Å². The zero-order chi connectivity index (χ0) is 18.2. The van der Waals surface area contributed by atoms with Gasteiger partial charge in [0.25, 0.3) is 5.91 Å². The molecule has 0 radical (unpaired) electrons. The summed E-state index contributed by atoms with van der Waals surface area (Å²) in [7, 11) is 1.58. The summed E-state index contributed by atoms with van der Waals surface area (Å²) in [4.78, 5) is 23.4. The minimum absolute atomic E-state index is 0.0687. The summed E-state index contributed by atoms with van der Waals surface area (Å²) in [6.07, 6.45) is 0.644. The highest BCUT2D eigenvalue weighted by molar-refractivity contribution is 6.33. The number of carbonyl (C=O) groups is 2. The van der Waals surface area contributed by atoms with Crippen LogP contribution >= 0.6 is 11.6 Å². The molecule has 0 heterocycles. The van der Waals surface area contributed by atoms with Crippen molar-refractivity contribution in [2.75, 3.05) is 19.0 Å². The molecule has 1 amide bonds. The van der Waals surface area contributed by atoms with Crippen LogP contribution in [0, 0.1) is 5.82 Å². The van der Waals surface area contributed by atoms with Gasteiger partial charge >= 0.3 is 5.97 Å². The lowest BCUT2D eigenvalue weighted by Gasteiger charge is -2.08. The predicted molar refractivity (Wildman–Crippen MR) is 92.3 cm³/mol. The van der Waals surface area contributed by atoms with E-state index in [0.717, 1.165) is 17.4 Å². The van der Waals surface area contributed by atoms with Crippen molar-refractivity contribution in [3.63, 3.8) is 0 Å². The highest BCUT2D eigenvalue weighted by atomic mass is 35.5. The molecule has 5 nitrogen and oxygen atoms in total. The van der Waals surface area contributed by atoms with Crippen molar-refractivity contribution in [1.82, 2.24) is 0 Å². The Hall–Kier alpha value is -2.60. The van der Waals surface area contributed by atoms with Crippen molar-refractivity contribution in [3.8, 4) is 5.75 Å². The number of benzene rings is 2. The predicted octanol–water partition coefficient (Wildman–Crippen LogP) is 3.60. The van der Waals surface area contributed by atoms with Crippen molar-refractivity contribution in [3.05, 3.63) is 58.9 Å². The second-order valence-corrected chi connectivity index (χ2v) is 5.59. The summed E-state index contributed by atoms with van der Waals surface area (Å²) >= 11 is 5.80. The van der Waals surface area contributed by atoms with E-state index in [2.05, 4.69) is 5.32 Å². The molecule has 0 aliphatic rings. The Morgan fingerprint density at radius 3 is 2.52 bits per heavy atom. The van der Waals surface area contributed by atoms with Crippen LogP contribution in [0.15, 0.2) is 42.5 Å². The van der Waals surface area contributed by atoms with Crippen molar-refractivity contribution in [2.24, 2.45) is 0 Å². The number of halogens is 2. The summed E-state index contributed by atoms with van der Waals surface area (Å²) in [6.45, 7) is -0.435. The van der Waals surface area contributed by atoms with Gasteiger partial charge in [0.15, 0.2) is 6.61 Å². The summed E-state index contributed by atoms with van der Waals surface area (Å²) in [5, 5.41) is 2.52. The molecule has 0 aromatic heterocycles. The van der Waals surface area contributed by atoms with Gasteiger partial charge in [-0.1, -0.05) is 23.7 Å². The lowest BCUT2D eigenvalue weighted by molar-refractivity contribution is -0.147. The zero-order valence-corrected chi connectivity index (χ0v) is 14.3. The Morgan fingerprint density at radius 1 is 1.16 bits per heavy atom. The first-order valence-corrected chi connectivity index (χ1v) is 7.89. The van der Waals surface area contributed by atoms with E-state index in [1.807, 2.05) is 12.1 Å². The number of anilines is 1. The lowest BCUT2D eigenvalue weighted by atomic mass is 10.1. The molecule has 1 N–H and O–H groups in total. The number of carbonyl (C=O) groups excluding carboxylic acids is 2. The first-order chi connectivity index (χ1) is 12.0. The standard InChI is InChI=1S/C18H17ClFNO4/c1-24-14-6-2-12(3-7-14)4-9-18(23)25-11-17(22)21-16-8-5-13(20)10-15(16)19/h2-3,5-8,10H,4,9,11H2,1H3,(H,21,22). The third-order valence-electron chi connectivity index (χ3n) is 3.35. The molecule has 132 valence electrons. The minimum Gasteiger partial charge on any atom is -0.497 e. The van der Waals surface area contributed by atoms with Crippen LogP contribution in [0.1, 0.15) is 12.0 Å². The molecular weight excluding hydrogens is 349 g/mol. The van der Waals surface area contributed by atoms with Gasteiger partial charge in [-0.3, -0.25) is 9.59 Å². The first-order valence-electron chi connectivity index (χ1n) is 7.51. The van der Waals surface area contributed by atoms with E-state index in [1.54, 1.807) is 19.2 Å². The monoisotopic (exact) mass is 365 g/mol. The third-order valence-corrected chi connectivity index (χ3v) is 3.66. The van der Waals surface area contributed by atoms with Crippen molar-refractivity contribution >= 4 is 29.2 Å². The van der Waals surface area contributed by atoms with Gasteiger partial charge in [-0.15, -0.1) is 0 Å². The van der Waals surface area contributed by atoms with Gasteiger partial charge in [-0.2, -0.15) is 0 Å². The van der Waals surface area contributed by atoms with Crippen molar-refractivity contribution in [2.45, 2.75) is 12.8 Å². The molecule has 0 saturated carbocycles. The van der Waals surface area contributed by atoms with Gasteiger partial charge in [-0.05, 0) is 42.3 Å². The highest BCUT2D eigenvalue weighted by Crippen LogP contribution is 2.22. The lowest BCUT2D eigenvalue weighted by Crippen LogP contribution is -2.21. The van der Waals surface area contributed by atoms with E-state index in [-0.39, 0.29) is 17.1 Å². The van der Waals surface area contributed by atoms with E-state index < -0.39 is 24.3 Å². The normalized spacial score (nSPS) is 10.2. The van der Waals surface area contributed by atoms with Gasteiger partial charge in [-0.25, -0.2) is 4.39 Å². The van der Waals surface area contributed by atoms with Crippen molar-refractivity contribution in [1.29, 1.82) is 0 Å². The number of aryl methyl sites for hydroxylation is 1. The SMILES string of the molecule is COc1ccc(CCC(=O)OCC(=O)Nc2ccc(F)cc2Cl)cc1. The molecule has 0 aliphatic heterocycles. The van der Waals surface area contributed by atoms with Crippen LogP contribution < -0.4 is 10.1 Å². The van der Waals surface area contributed by atoms with Crippen LogP contribution in [-0.4, -0.2) is 25.6 Å². The van der Waals surface area contributed by atoms with Crippen LogP contribution in [-0.2, 0) is 20.7 Å². The van der Waals surface area contributed by atoms with E-state index in [9.17, 15) is 14.0 Å². The zero-order valence-electron chi connectivity index (χ0n) is 13.6. The van der Waals surface area contributed by atoms with Gasteiger partial charge < -0.3 is 14.8 Å². The van der Waals surface area contributed by atoms with E-state index in [4.69, 9.17) is 21.1 Å². The first kappa shape index (κ1) is 18.7. The number of hydrogen-bond donors (Lipinski definition) is 1. The number of rotatable bonds is 7. The highest BCUT2D eigenvalue weighted by Gasteiger charge is 2.10. The smallest absolute Gasteiger partial charge is 0.306 e. The fraction of sp³-hybridized carbons (Fsp3) is 0.222. The largest absolute Gasteiger partial charge is 0.497 e. The topological polar surface area (TPSA) is 64.6 Å². The second kappa shape index (κ2) is 9.03. The fourth-order valence-corrected chi connectivity index (χ4v) is 2.25. The number of methoxy groups -OCH3 is 1. The Morgan fingerprint density at radius 2 is 1.88 bits per heavy atom. The Labute approximate surface area is 149 Å². The fourth-order valence-electron chi connectivity index (χ4n) is 2.03. The maximum Gasteiger partial charge on any atom is 0.306 e. The van der Waals surface area contributed by atoms with Gasteiger partial charge in [0.1, 0.15) is 11.6 Å². The minimum atomic E-state index is -0.550. The number of esters is 1. The average molecular weight is 366 g/mol. The van der Waals surface area contributed by atoms with Gasteiger partial charge in [0.2, 0.25) is 0 Å². The summed E-state index contributed by atoms with van der Waals surface area (Å²) in [6, 6.07) is 10.9. The second-order valence-electron chi connectivity index (χ2n) is 5.18. The number of hydrogen-bond acceptors (Lipinski definition) is 4. The van der Waals surface area contributed by atoms with E-state index >= 15 is 0 Å². The molecule has 25 heavy (non-hydrogen) atoms. The molecule has 0 bridgehead atoms. The number of nitrogens with one attached hydrogen (secondary N) is 1. The Bertz CT molecular complexity index is 749. The van der Waals surface area contributed by atoms with E-state index in [0.29, 0.717) is 6.42 Å². The molecule has 2 rings (SSSR count). The molecule has 0 fully saturated rings. The Balaban J connectivity index is 1.74. The summed E-state index contributed by atoms with van der Waals surface area (Å²) in [5.74, 6) is -0.808. The van der Waals surface area contributed by atoms with Gasteiger partial charge in [0.05, 0.1) is 17.8 Å². The molecular formula is C18H17ClFNO4. The molecule has 0 atom stereocenters. The van der Waals surface area contributed by atoms with Crippen LogP contribution in [0.4, 0.5) is 10.1 Å². The Kier molecular flexibility index (Phi) is 6.77. The number of ether oxygens (including phenoxy) is 2. The molecule has 7 heteroatoms. The van der Waals surface area contributed by atoms with Crippen LogP contribution in [0.25, 0.3) is 0 Å².